The van der Waals surface area contributed by atoms with Crippen molar-refractivity contribution in [3.63, 3.8) is 0 Å². The number of aryl methyl sites for hydroxylation is 1. The van der Waals surface area contributed by atoms with Gasteiger partial charge in [0.15, 0.2) is 5.69 Å². The zero-order valence-corrected chi connectivity index (χ0v) is 17.2. The van der Waals surface area contributed by atoms with Crippen LogP contribution in [0.2, 0.25) is 0 Å². The van der Waals surface area contributed by atoms with Gasteiger partial charge in [0.05, 0.1) is 11.2 Å². The number of aromatic nitrogens is 1. The molecular weight excluding hydrogens is 388 g/mol. The van der Waals surface area contributed by atoms with Gasteiger partial charge in [0, 0.05) is 17.0 Å². The summed E-state index contributed by atoms with van der Waals surface area (Å²) in [5.74, 6) is -0.135. The van der Waals surface area contributed by atoms with Crippen LogP contribution in [0, 0.1) is 0 Å². The number of amides is 1. The van der Waals surface area contributed by atoms with E-state index in [2.05, 4.69) is 32.7 Å². The predicted molar refractivity (Wildman–Crippen MR) is 122 cm³/mol. The third-order valence-electron chi connectivity index (χ3n) is 5.14. The van der Waals surface area contributed by atoms with Crippen LogP contribution in [-0.4, -0.2) is 22.0 Å². The molecule has 0 saturated heterocycles. The fourth-order valence-electron chi connectivity index (χ4n) is 3.41. The zero-order valence-electron chi connectivity index (χ0n) is 17.2. The van der Waals surface area contributed by atoms with Crippen LogP contribution < -0.4 is 5.32 Å². The van der Waals surface area contributed by atoms with E-state index in [0.29, 0.717) is 16.9 Å². The van der Waals surface area contributed by atoms with Gasteiger partial charge in [-0.25, -0.2) is 0 Å². The molecule has 0 aliphatic heterocycles. The molecule has 0 bridgehead atoms. The minimum absolute atomic E-state index is 0.0227. The largest absolute Gasteiger partial charge is 0.493 e. The Labute approximate surface area is 180 Å². The highest BCUT2D eigenvalue weighted by Gasteiger charge is 2.11. The molecule has 156 valence electrons. The quantitative estimate of drug-likeness (QED) is 0.323. The maximum atomic E-state index is 12.5. The SMILES string of the molecule is C[C@H](CCc1ccccc1)NC(=O)c1ccc(N=Nc2c(O)[nH]c3ccccc23)cc1. The Hall–Kier alpha value is -3.93. The summed E-state index contributed by atoms with van der Waals surface area (Å²) in [7, 11) is 0. The molecule has 4 rings (SSSR count). The molecule has 3 aromatic carbocycles. The zero-order chi connectivity index (χ0) is 21.6. The maximum Gasteiger partial charge on any atom is 0.251 e. The van der Waals surface area contributed by atoms with Crippen molar-refractivity contribution in [1.82, 2.24) is 10.3 Å². The van der Waals surface area contributed by atoms with Crippen molar-refractivity contribution in [2.24, 2.45) is 10.2 Å². The monoisotopic (exact) mass is 412 g/mol. The number of nitrogens with zero attached hydrogens (tertiary/aromatic N) is 2. The summed E-state index contributed by atoms with van der Waals surface area (Å²) >= 11 is 0. The van der Waals surface area contributed by atoms with Gasteiger partial charge in [-0.2, -0.15) is 5.11 Å². The molecule has 0 saturated carbocycles. The van der Waals surface area contributed by atoms with Crippen LogP contribution in [0.4, 0.5) is 11.4 Å². The number of nitrogens with one attached hydrogen (secondary N) is 2. The van der Waals surface area contributed by atoms with E-state index in [1.807, 2.05) is 49.4 Å². The maximum absolute atomic E-state index is 12.5. The number of benzene rings is 3. The van der Waals surface area contributed by atoms with E-state index in [9.17, 15) is 9.90 Å². The Morgan fingerprint density at radius 3 is 2.45 bits per heavy atom. The standard InChI is InChI=1S/C25H24N4O2/c1-17(11-12-18-7-3-2-4-8-18)26-24(30)19-13-15-20(16-14-19)28-29-23-21-9-5-6-10-22(21)27-25(23)31/h2-10,13-17,27,31H,11-12H2,1H3,(H,26,30)/t17-/m1/s1. The molecule has 6 nitrogen and oxygen atoms in total. The lowest BCUT2D eigenvalue weighted by atomic mass is 10.1. The second-order valence-corrected chi connectivity index (χ2v) is 7.51. The Morgan fingerprint density at radius 1 is 0.968 bits per heavy atom. The molecule has 1 aromatic heterocycles. The van der Waals surface area contributed by atoms with E-state index < -0.39 is 0 Å². The summed E-state index contributed by atoms with van der Waals surface area (Å²) < 4.78 is 0. The molecule has 4 aromatic rings. The molecule has 1 amide bonds. The van der Waals surface area contributed by atoms with Gasteiger partial charge in [-0.3, -0.25) is 4.79 Å². The smallest absolute Gasteiger partial charge is 0.251 e. The van der Waals surface area contributed by atoms with Gasteiger partial charge in [-0.05, 0) is 55.7 Å². The van der Waals surface area contributed by atoms with Crippen molar-refractivity contribution in [3.8, 4) is 5.88 Å². The Bertz CT molecular complexity index is 1200. The summed E-state index contributed by atoms with van der Waals surface area (Å²) in [4.78, 5) is 15.4. The number of aromatic hydroxyl groups is 1. The second kappa shape index (κ2) is 9.26. The molecule has 0 spiro atoms. The number of H-pyrrole nitrogens is 1. The number of para-hydroxylation sites is 1. The summed E-state index contributed by atoms with van der Waals surface area (Å²) in [6.07, 6.45) is 1.79. The van der Waals surface area contributed by atoms with Gasteiger partial charge in [-0.1, -0.05) is 48.5 Å². The lowest BCUT2D eigenvalue weighted by Crippen LogP contribution is -2.32. The molecule has 1 atom stereocenters. The average molecular weight is 412 g/mol. The van der Waals surface area contributed by atoms with Gasteiger partial charge in [0.25, 0.3) is 5.91 Å². The van der Waals surface area contributed by atoms with Crippen molar-refractivity contribution in [2.75, 3.05) is 0 Å². The summed E-state index contributed by atoms with van der Waals surface area (Å²) in [6, 6.07) is 24.7. The molecule has 6 heteroatoms. The van der Waals surface area contributed by atoms with Crippen molar-refractivity contribution < 1.29 is 9.90 Å². The highest BCUT2D eigenvalue weighted by Crippen LogP contribution is 2.36. The van der Waals surface area contributed by atoms with E-state index in [1.54, 1.807) is 24.3 Å². The van der Waals surface area contributed by atoms with Crippen molar-refractivity contribution in [2.45, 2.75) is 25.8 Å². The number of azo groups is 1. The van der Waals surface area contributed by atoms with E-state index in [-0.39, 0.29) is 17.8 Å². The fraction of sp³-hybridized carbons (Fsp3) is 0.160. The number of rotatable bonds is 7. The van der Waals surface area contributed by atoms with Crippen molar-refractivity contribution >= 4 is 28.2 Å². The molecule has 0 aliphatic carbocycles. The molecule has 0 fully saturated rings. The summed E-state index contributed by atoms with van der Waals surface area (Å²) in [5, 5.41) is 22.3. The number of fused-ring (bicyclic) bond motifs is 1. The van der Waals surface area contributed by atoms with Gasteiger partial charge in [-0.15, -0.1) is 5.11 Å². The number of hydrogen-bond acceptors (Lipinski definition) is 4. The minimum Gasteiger partial charge on any atom is -0.493 e. The highest BCUT2D eigenvalue weighted by molar-refractivity contribution is 5.95. The van der Waals surface area contributed by atoms with Gasteiger partial charge < -0.3 is 15.4 Å². The first-order chi connectivity index (χ1) is 15.1. The van der Waals surface area contributed by atoms with Gasteiger partial charge >= 0.3 is 0 Å². The molecule has 0 unspecified atom stereocenters. The van der Waals surface area contributed by atoms with Crippen LogP contribution in [0.3, 0.4) is 0 Å². The van der Waals surface area contributed by atoms with E-state index in [0.717, 1.165) is 23.7 Å². The van der Waals surface area contributed by atoms with Gasteiger partial charge in [0.1, 0.15) is 0 Å². The van der Waals surface area contributed by atoms with Crippen LogP contribution in [0.1, 0.15) is 29.3 Å². The fourth-order valence-corrected chi connectivity index (χ4v) is 3.41. The van der Waals surface area contributed by atoms with Crippen molar-refractivity contribution in [1.29, 1.82) is 0 Å². The first-order valence-electron chi connectivity index (χ1n) is 10.3. The first-order valence-corrected chi connectivity index (χ1v) is 10.3. The van der Waals surface area contributed by atoms with E-state index in [4.69, 9.17) is 0 Å². The van der Waals surface area contributed by atoms with Crippen LogP contribution in [-0.2, 0) is 6.42 Å². The number of carbonyl (C=O) groups is 1. The second-order valence-electron chi connectivity index (χ2n) is 7.51. The lowest BCUT2D eigenvalue weighted by molar-refractivity contribution is 0.0938. The van der Waals surface area contributed by atoms with Crippen LogP contribution in [0.5, 0.6) is 5.88 Å². The van der Waals surface area contributed by atoms with Crippen molar-refractivity contribution in [3.05, 3.63) is 90.0 Å². The third-order valence-corrected chi connectivity index (χ3v) is 5.14. The normalized spacial score (nSPS) is 12.3. The first kappa shape index (κ1) is 20.3. The molecule has 3 N–H and O–H groups in total. The topological polar surface area (TPSA) is 89.8 Å². The predicted octanol–water partition coefficient (Wildman–Crippen LogP) is 6.04. The average Bonchev–Trinajstić information content (AvgIpc) is 3.12. The Balaban J connectivity index is 1.36. The number of hydrogen-bond donors (Lipinski definition) is 3. The molecular formula is C25H24N4O2. The molecule has 31 heavy (non-hydrogen) atoms. The van der Waals surface area contributed by atoms with Gasteiger partial charge in [0.2, 0.25) is 5.88 Å². The van der Waals surface area contributed by atoms with Crippen LogP contribution >= 0.6 is 0 Å². The lowest BCUT2D eigenvalue weighted by Gasteiger charge is -2.14. The summed E-state index contributed by atoms with van der Waals surface area (Å²) in [6.45, 7) is 2.01. The minimum atomic E-state index is -0.113. The molecule has 0 radical (unpaired) electrons. The summed E-state index contributed by atoms with van der Waals surface area (Å²) in [5.41, 5.74) is 3.62. The number of carbonyl (C=O) groups excluding carboxylic acids is 1. The van der Waals surface area contributed by atoms with E-state index >= 15 is 0 Å². The Kier molecular flexibility index (Phi) is 6.08. The molecule has 1 heterocycles. The Morgan fingerprint density at radius 2 is 1.68 bits per heavy atom. The van der Waals surface area contributed by atoms with Crippen LogP contribution in [0.25, 0.3) is 10.9 Å². The third kappa shape index (κ3) is 4.98. The van der Waals surface area contributed by atoms with E-state index in [1.165, 1.54) is 5.56 Å². The van der Waals surface area contributed by atoms with Crippen LogP contribution in [0.15, 0.2) is 89.1 Å². The number of aromatic amines is 1. The highest BCUT2D eigenvalue weighted by atomic mass is 16.3. The molecule has 0 aliphatic rings.